The van der Waals surface area contributed by atoms with Crippen molar-refractivity contribution in [2.45, 2.75) is 31.7 Å². The van der Waals surface area contributed by atoms with Crippen LogP contribution in [0.25, 0.3) is 0 Å². The second-order valence-electron chi connectivity index (χ2n) is 4.05. The summed E-state index contributed by atoms with van der Waals surface area (Å²) >= 11 is 0. The van der Waals surface area contributed by atoms with Gasteiger partial charge in [-0.1, -0.05) is 6.92 Å². The van der Waals surface area contributed by atoms with Gasteiger partial charge in [0.1, 0.15) is 0 Å². The van der Waals surface area contributed by atoms with Gasteiger partial charge in [0.2, 0.25) is 0 Å². The van der Waals surface area contributed by atoms with Gasteiger partial charge in [-0.05, 0) is 32.5 Å². The molecular formula is C10H20N2O2. The highest BCUT2D eigenvalue weighted by molar-refractivity contribution is 5.70. The molecule has 0 amide bonds. The maximum atomic E-state index is 11.1. The highest BCUT2D eigenvalue weighted by Gasteiger charge is 2.32. The molecule has 0 aromatic heterocycles. The first-order valence-electron chi connectivity index (χ1n) is 5.18. The molecule has 0 spiro atoms. The summed E-state index contributed by atoms with van der Waals surface area (Å²) in [6.07, 6.45) is 2.12. The molecule has 0 aliphatic carbocycles. The molecule has 1 aliphatic rings. The summed E-state index contributed by atoms with van der Waals surface area (Å²) < 4.78 is 4.64. The zero-order valence-corrected chi connectivity index (χ0v) is 9.08. The molecule has 0 bridgehead atoms. The van der Waals surface area contributed by atoms with Gasteiger partial charge in [0.15, 0.2) is 0 Å². The van der Waals surface area contributed by atoms with Crippen LogP contribution in [0.1, 0.15) is 26.2 Å². The van der Waals surface area contributed by atoms with Gasteiger partial charge in [-0.3, -0.25) is 4.79 Å². The molecule has 4 nitrogen and oxygen atoms in total. The Morgan fingerprint density at radius 2 is 2.07 bits per heavy atom. The summed E-state index contributed by atoms with van der Waals surface area (Å²) in [6.45, 7) is 5.19. The molecule has 0 radical (unpaired) electrons. The number of piperidine rings is 1. The van der Waals surface area contributed by atoms with E-state index in [9.17, 15) is 4.79 Å². The van der Waals surface area contributed by atoms with Crippen LogP contribution >= 0.6 is 0 Å². The number of hydrogen-bond donors (Lipinski definition) is 1. The highest BCUT2D eigenvalue weighted by atomic mass is 16.5. The molecule has 1 heterocycles. The predicted molar refractivity (Wildman–Crippen MR) is 54.9 cm³/mol. The number of nitrogens with two attached hydrogens (primary N) is 1. The molecule has 4 heteroatoms. The molecule has 0 aromatic rings. The average molecular weight is 200 g/mol. The molecule has 1 saturated heterocycles. The number of carbonyl (C=O) groups is 1. The fraction of sp³-hybridized carbons (Fsp3) is 0.900. The summed E-state index contributed by atoms with van der Waals surface area (Å²) in [5, 5.41) is 0. The zero-order chi connectivity index (χ0) is 10.6. The van der Waals surface area contributed by atoms with E-state index >= 15 is 0 Å². The minimum atomic E-state index is -0.335. The molecule has 0 atom stereocenters. The Bertz CT molecular complexity index is 198. The number of nitrogens with zero attached hydrogens (tertiary/aromatic N) is 1. The second-order valence-corrected chi connectivity index (χ2v) is 4.05. The van der Waals surface area contributed by atoms with Crippen molar-refractivity contribution in [3.8, 4) is 0 Å². The molecule has 0 aromatic carbocycles. The van der Waals surface area contributed by atoms with E-state index in [1.165, 1.54) is 7.11 Å². The fourth-order valence-electron chi connectivity index (χ4n) is 1.85. The van der Waals surface area contributed by atoms with Crippen LogP contribution in [-0.2, 0) is 9.53 Å². The lowest BCUT2D eigenvalue weighted by Crippen LogP contribution is -2.51. The minimum Gasteiger partial charge on any atom is -0.469 e. The van der Waals surface area contributed by atoms with E-state index in [0.717, 1.165) is 32.5 Å². The van der Waals surface area contributed by atoms with Crippen LogP contribution in [0.4, 0.5) is 0 Å². The van der Waals surface area contributed by atoms with Gasteiger partial charge in [0.05, 0.1) is 13.5 Å². The minimum absolute atomic E-state index is 0.197. The first-order chi connectivity index (χ1) is 6.59. The lowest BCUT2D eigenvalue weighted by molar-refractivity contribution is -0.142. The van der Waals surface area contributed by atoms with E-state index in [-0.39, 0.29) is 11.5 Å². The molecule has 0 saturated carbocycles. The lowest BCUT2D eigenvalue weighted by atomic mass is 9.85. The fourth-order valence-corrected chi connectivity index (χ4v) is 1.85. The van der Waals surface area contributed by atoms with Crippen molar-refractivity contribution in [1.82, 2.24) is 4.90 Å². The number of likely N-dealkylation sites (tertiary alicyclic amines) is 1. The number of ether oxygens (including phenoxy) is 1. The average Bonchev–Trinajstić information content (AvgIpc) is 2.18. The van der Waals surface area contributed by atoms with Crippen LogP contribution in [0.3, 0.4) is 0 Å². The van der Waals surface area contributed by atoms with Crippen molar-refractivity contribution in [2.75, 3.05) is 26.7 Å². The van der Waals surface area contributed by atoms with E-state index in [1.54, 1.807) is 0 Å². The van der Waals surface area contributed by atoms with Crippen molar-refractivity contribution in [2.24, 2.45) is 5.73 Å². The van der Waals surface area contributed by atoms with E-state index in [2.05, 4.69) is 16.6 Å². The van der Waals surface area contributed by atoms with Gasteiger partial charge >= 0.3 is 5.97 Å². The van der Waals surface area contributed by atoms with Crippen LogP contribution < -0.4 is 5.73 Å². The quantitative estimate of drug-likeness (QED) is 0.668. The van der Waals surface area contributed by atoms with Crippen LogP contribution in [0, 0.1) is 0 Å². The molecule has 1 rings (SSSR count). The summed E-state index contributed by atoms with van der Waals surface area (Å²) in [6, 6.07) is 0. The molecule has 2 N–H and O–H groups in total. The third kappa shape index (κ3) is 2.96. The third-order valence-corrected chi connectivity index (χ3v) is 3.02. The topological polar surface area (TPSA) is 55.6 Å². The van der Waals surface area contributed by atoms with Crippen molar-refractivity contribution < 1.29 is 9.53 Å². The zero-order valence-electron chi connectivity index (χ0n) is 9.08. The Morgan fingerprint density at radius 3 is 2.50 bits per heavy atom. The number of carbonyl (C=O) groups excluding carboxylic acids is 1. The summed E-state index contributed by atoms with van der Waals surface area (Å²) in [4.78, 5) is 13.5. The maximum absolute atomic E-state index is 11.1. The smallest absolute Gasteiger partial charge is 0.307 e. The third-order valence-electron chi connectivity index (χ3n) is 3.02. The monoisotopic (exact) mass is 200 g/mol. The summed E-state index contributed by atoms with van der Waals surface area (Å²) in [7, 11) is 1.41. The number of hydrogen-bond acceptors (Lipinski definition) is 4. The summed E-state index contributed by atoms with van der Waals surface area (Å²) in [5.41, 5.74) is 5.79. The van der Waals surface area contributed by atoms with Gasteiger partial charge in [-0.15, -0.1) is 0 Å². The van der Waals surface area contributed by atoms with E-state index < -0.39 is 0 Å². The van der Waals surface area contributed by atoms with Gasteiger partial charge in [-0.25, -0.2) is 0 Å². The first-order valence-corrected chi connectivity index (χ1v) is 5.18. The standard InChI is InChI=1S/C10H20N2O2/c1-3-12-6-4-10(11,5-7-12)8-9(13)14-2/h3-8,11H2,1-2H3. The van der Waals surface area contributed by atoms with Gasteiger partial charge in [-0.2, -0.15) is 0 Å². The SMILES string of the molecule is CCN1CCC(N)(CC(=O)OC)CC1. The predicted octanol–water partition coefficient (Wildman–Crippen LogP) is 0.363. The van der Waals surface area contributed by atoms with Crippen molar-refractivity contribution in [3.63, 3.8) is 0 Å². The Labute approximate surface area is 85.4 Å². The van der Waals surface area contributed by atoms with Gasteiger partial charge < -0.3 is 15.4 Å². The Morgan fingerprint density at radius 1 is 1.50 bits per heavy atom. The van der Waals surface area contributed by atoms with Gasteiger partial charge in [0, 0.05) is 5.54 Å². The van der Waals surface area contributed by atoms with E-state index in [0.29, 0.717) is 6.42 Å². The van der Waals surface area contributed by atoms with Gasteiger partial charge in [0.25, 0.3) is 0 Å². The Balaban J connectivity index is 2.41. The molecule has 82 valence electrons. The number of methoxy groups -OCH3 is 1. The maximum Gasteiger partial charge on any atom is 0.307 e. The lowest BCUT2D eigenvalue weighted by Gasteiger charge is -2.38. The van der Waals surface area contributed by atoms with E-state index in [1.807, 2.05) is 0 Å². The normalized spacial score (nSPS) is 21.9. The first kappa shape index (κ1) is 11.5. The number of esters is 1. The second kappa shape index (κ2) is 4.75. The molecule has 0 unspecified atom stereocenters. The Kier molecular flexibility index (Phi) is 3.89. The van der Waals surface area contributed by atoms with Crippen LogP contribution in [0.5, 0.6) is 0 Å². The van der Waals surface area contributed by atoms with Crippen LogP contribution in [-0.4, -0.2) is 43.2 Å². The highest BCUT2D eigenvalue weighted by Crippen LogP contribution is 2.23. The molecule has 1 fully saturated rings. The molecular weight excluding hydrogens is 180 g/mol. The molecule has 14 heavy (non-hydrogen) atoms. The number of rotatable bonds is 3. The van der Waals surface area contributed by atoms with E-state index in [4.69, 9.17) is 5.73 Å². The Hall–Kier alpha value is -0.610. The van der Waals surface area contributed by atoms with Crippen LogP contribution in [0.15, 0.2) is 0 Å². The van der Waals surface area contributed by atoms with Crippen molar-refractivity contribution >= 4 is 5.97 Å². The summed E-state index contributed by atoms with van der Waals surface area (Å²) in [5.74, 6) is -0.197. The van der Waals surface area contributed by atoms with Crippen molar-refractivity contribution in [3.05, 3.63) is 0 Å². The van der Waals surface area contributed by atoms with Crippen molar-refractivity contribution in [1.29, 1.82) is 0 Å². The largest absolute Gasteiger partial charge is 0.469 e. The van der Waals surface area contributed by atoms with Crippen LogP contribution in [0.2, 0.25) is 0 Å². The molecule has 1 aliphatic heterocycles.